The molecule has 1 aromatic rings. The summed E-state index contributed by atoms with van der Waals surface area (Å²) in [6, 6.07) is 5.83. The van der Waals surface area contributed by atoms with E-state index < -0.39 is 0 Å². The number of thioether (sulfide) groups is 2. The molecule has 0 fully saturated rings. The quantitative estimate of drug-likeness (QED) is 0.451. The molecule has 0 spiro atoms. The third kappa shape index (κ3) is 1.93. The summed E-state index contributed by atoms with van der Waals surface area (Å²) in [5, 5.41) is 10.8. The SMILES string of the molecule is CSC1=[N+]2Cc3cc([N+](=O)[O-])ccc3C[C@H]2CS1. The van der Waals surface area contributed by atoms with Gasteiger partial charge in [0.15, 0.2) is 12.6 Å². The van der Waals surface area contributed by atoms with Crippen LogP contribution in [0, 0.1) is 10.1 Å². The van der Waals surface area contributed by atoms with E-state index in [-0.39, 0.29) is 10.6 Å². The van der Waals surface area contributed by atoms with Crippen LogP contribution in [0.15, 0.2) is 18.2 Å². The molecular weight excluding hydrogens is 268 g/mol. The van der Waals surface area contributed by atoms with Crippen LogP contribution in [0.2, 0.25) is 0 Å². The molecule has 0 aliphatic carbocycles. The molecule has 2 aliphatic rings. The number of nitrogens with zero attached hydrogens (tertiary/aromatic N) is 2. The number of nitro groups is 1. The van der Waals surface area contributed by atoms with Crippen LogP contribution in [-0.4, -0.2) is 31.9 Å². The molecule has 0 aromatic heterocycles. The normalized spacial score (nSPS) is 21.7. The van der Waals surface area contributed by atoms with Gasteiger partial charge >= 0.3 is 0 Å². The van der Waals surface area contributed by atoms with Gasteiger partial charge in [-0.15, -0.1) is 0 Å². The zero-order valence-corrected chi connectivity index (χ0v) is 11.6. The Morgan fingerprint density at radius 3 is 3.06 bits per heavy atom. The number of fused-ring (bicyclic) bond motifs is 2. The van der Waals surface area contributed by atoms with E-state index in [0.29, 0.717) is 6.04 Å². The average molecular weight is 281 g/mol. The van der Waals surface area contributed by atoms with E-state index in [0.717, 1.165) is 24.3 Å². The van der Waals surface area contributed by atoms with Crippen LogP contribution in [0.25, 0.3) is 0 Å². The van der Waals surface area contributed by atoms with Gasteiger partial charge in [0, 0.05) is 24.1 Å². The summed E-state index contributed by atoms with van der Waals surface area (Å²) in [6.07, 6.45) is 3.10. The summed E-state index contributed by atoms with van der Waals surface area (Å²) in [7, 11) is 0. The van der Waals surface area contributed by atoms with E-state index in [2.05, 4.69) is 10.8 Å². The Morgan fingerprint density at radius 1 is 1.50 bits per heavy atom. The van der Waals surface area contributed by atoms with Crippen molar-refractivity contribution in [1.29, 1.82) is 0 Å². The lowest BCUT2D eigenvalue weighted by molar-refractivity contribution is -0.572. The predicted molar refractivity (Wildman–Crippen MR) is 75.5 cm³/mol. The Morgan fingerprint density at radius 2 is 2.33 bits per heavy atom. The smallest absolute Gasteiger partial charge is 0.258 e. The minimum Gasteiger partial charge on any atom is -0.258 e. The molecule has 2 aliphatic heterocycles. The summed E-state index contributed by atoms with van der Waals surface area (Å²) >= 11 is 3.68. The van der Waals surface area contributed by atoms with Crippen molar-refractivity contribution in [2.24, 2.45) is 0 Å². The predicted octanol–water partition coefficient (Wildman–Crippen LogP) is 2.50. The number of rotatable bonds is 1. The molecule has 0 amide bonds. The molecule has 2 heterocycles. The van der Waals surface area contributed by atoms with Crippen molar-refractivity contribution in [3.8, 4) is 0 Å². The first-order valence-corrected chi connectivity index (χ1v) is 7.96. The van der Waals surface area contributed by atoms with Crippen molar-refractivity contribution in [3.63, 3.8) is 0 Å². The Labute approximate surface area is 114 Å². The highest BCUT2D eigenvalue weighted by Gasteiger charge is 2.38. The van der Waals surface area contributed by atoms with E-state index in [1.807, 2.05) is 17.8 Å². The molecule has 0 unspecified atom stereocenters. The van der Waals surface area contributed by atoms with Crippen LogP contribution in [-0.2, 0) is 13.0 Å². The van der Waals surface area contributed by atoms with Crippen molar-refractivity contribution < 1.29 is 9.50 Å². The Bertz CT molecular complexity index is 557. The van der Waals surface area contributed by atoms with Gasteiger partial charge in [-0.2, -0.15) is 0 Å². The summed E-state index contributed by atoms with van der Waals surface area (Å²) in [4.78, 5) is 10.5. The summed E-state index contributed by atoms with van der Waals surface area (Å²) in [6.45, 7) is 0.810. The fourth-order valence-corrected chi connectivity index (χ4v) is 4.67. The Kier molecular flexibility index (Phi) is 3.07. The second-order valence-electron chi connectivity index (χ2n) is 4.48. The van der Waals surface area contributed by atoms with Gasteiger partial charge in [-0.05, 0) is 23.6 Å². The van der Waals surface area contributed by atoms with Crippen molar-refractivity contribution >= 4 is 33.6 Å². The molecule has 6 heteroatoms. The second kappa shape index (κ2) is 4.59. The van der Waals surface area contributed by atoms with Crippen molar-refractivity contribution in [1.82, 2.24) is 0 Å². The highest BCUT2D eigenvalue weighted by atomic mass is 32.2. The standard InChI is InChI=1S/C12H13N2O2S2/c1-17-12-13-6-9-5-10(14(15)16)3-2-8(9)4-11(13)7-18-12/h2-3,5,11H,4,6-7H2,1H3/q+1/t11-/m0/s1. The zero-order chi connectivity index (χ0) is 12.7. The molecule has 94 valence electrons. The Hall–Kier alpha value is -1.01. The molecule has 4 nitrogen and oxygen atoms in total. The van der Waals surface area contributed by atoms with Crippen LogP contribution in [0.1, 0.15) is 11.1 Å². The van der Waals surface area contributed by atoms with E-state index in [1.54, 1.807) is 23.9 Å². The number of non-ortho nitro benzene ring substituents is 1. The fraction of sp³-hybridized carbons (Fsp3) is 0.417. The lowest BCUT2D eigenvalue weighted by Crippen LogP contribution is -2.32. The van der Waals surface area contributed by atoms with Gasteiger partial charge in [0.25, 0.3) is 10.1 Å². The molecule has 3 rings (SSSR count). The van der Waals surface area contributed by atoms with E-state index >= 15 is 0 Å². The lowest BCUT2D eigenvalue weighted by atomic mass is 9.95. The molecule has 0 N–H and O–H groups in total. The van der Waals surface area contributed by atoms with E-state index in [9.17, 15) is 10.1 Å². The number of hydrogen-bond acceptors (Lipinski definition) is 4. The van der Waals surface area contributed by atoms with Crippen LogP contribution in [0.4, 0.5) is 5.69 Å². The van der Waals surface area contributed by atoms with Gasteiger partial charge in [0.1, 0.15) is 0 Å². The van der Waals surface area contributed by atoms with Crippen LogP contribution < -0.4 is 0 Å². The first kappa shape index (κ1) is 12.0. The van der Waals surface area contributed by atoms with Crippen molar-refractivity contribution in [2.45, 2.75) is 19.0 Å². The van der Waals surface area contributed by atoms with E-state index in [1.165, 1.54) is 9.94 Å². The maximum Gasteiger partial charge on any atom is 0.270 e. The lowest BCUT2D eigenvalue weighted by Gasteiger charge is -2.19. The highest BCUT2D eigenvalue weighted by molar-refractivity contribution is 8.38. The van der Waals surface area contributed by atoms with Gasteiger partial charge in [0.2, 0.25) is 0 Å². The summed E-state index contributed by atoms with van der Waals surface area (Å²) in [5.74, 6) is 1.13. The third-order valence-electron chi connectivity index (χ3n) is 3.45. The molecular formula is C12H13N2O2S2+. The highest BCUT2D eigenvalue weighted by Crippen LogP contribution is 2.33. The fourth-order valence-electron chi connectivity index (χ4n) is 2.54. The largest absolute Gasteiger partial charge is 0.270 e. The third-order valence-corrected chi connectivity index (χ3v) is 5.92. The number of nitro benzene ring substituents is 1. The molecule has 0 bridgehead atoms. The van der Waals surface area contributed by atoms with Gasteiger partial charge in [-0.25, -0.2) is 4.58 Å². The first-order valence-electron chi connectivity index (χ1n) is 5.75. The van der Waals surface area contributed by atoms with Gasteiger partial charge in [-0.1, -0.05) is 17.8 Å². The summed E-state index contributed by atoms with van der Waals surface area (Å²) in [5.41, 5.74) is 2.57. The Balaban J connectivity index is 2.00. The molecule has 0 radical (unpaired) electrons. The zero-order valence-electron chi connectivity index (χ0n) is 9.96. The molecule has 0 saturated heterocycles. The minimum absolute atomic E-state index is 0.199. The topological polar surface area (TPSA) is 46.1 Å². The molecule has 0 saturated carbocycles. The molecule has 1 aromatic carbocycles. The summed E-state index contributed by atoms with van der Waals surface area (Å²) < 4.78 is 3.73. The monoisotopic (exact) mass is 281 g/mol. The van der Waals surface area contributed by atoms with Crippen molar-refractivity contribution in [3.05, 3.63) is 39.4 Å². The van der Waals surface area contributed by atoms with Crippen molar-refractivity contribution in [2.75, 3.05) is 12.0 Å². The number of benzene rings is 1. The second-order valence-corrected chi connectivity index (χ2v) is 6.54. The van der Waals surface area contributed by atoms with Gasteiger partial charge in [-0.3, -0.25) is 10.1 Å². The van der Waals surface area contributed by atoms with E-state index in [4.69, 9.17) is 0 Å². The minimum atomic E-state index is -0.315. The average Bonchev–Trinajstić information content (AvgIpc) is 2.77. The first-order chi connectivity index (χ1) is 8.69. The maximum atomic E-state index is 10.8. The van der Waals surface area contributed by atoms with Crippen LogP contribution in [0.3, 0.4) is 0 Å². The number of hydrogen-bond donors (Lipinski definition) is 0. The van der Waals surface area contributed by atoms with Crippen LogP contribution >= 0.6 is 23.5 Å². The van der Waals surface area contributed by atoms with Crippen LogP contribution in [0.5, 0.6) is 0 Å². The van der Waals surface area contributed by atoms with Gasteiger partial charge < -0.3 is 0 Å². The molecule has 1 atom stereocenters. The molecule has 18 heavy (non-hydrogen) atoms. The van der Waals surface area contributed by atoms with Gasteiger partial charge in [0.05, 0.1) is 10.7 Å². The maximum absolute atomic E-state index is 10.8.